The molecule has 0 spiro atoms. The SMILES string of the molecule is COCCOc1ccccc1C(O)Cc1ccc(F)cc1. The van der Waals surface area contributed by atoms with Gasteiger partial charge in [0.2, 0.25) is 0 Å². The lowest BCUT2D eigenvalue weighted by atomic mass is 10.0. The maximum absolute atomic E-state index is 12.9. The van der Waals surface area contributed by atoms with E-state index in [4.69, 9.17) is 9.47 Å². The average Bonchev–Trinajstić information content (AvgIpc) is 2.50. The van der Waals surface area contributed by atoms with E-state index in [1.54, 1.807) is 19.2 Å². The second kappa shape index (κ2) is 7.76. The van der Waals surface area contributed by atoms with Crippen LogP contribution in [-0.2, 0) is 11.2 Å². The van der Waals surface area contributed by atoms with Crippen LogP contribution in [0.3, 0.4) is 0 Å². The summed E-state index contributed by atoms with van der Waals surface area (Å²) in [5.41, 5.74) is 1.59. The first-order chi connectivity index (χ1) is 10.2. The van der Waals surface area contributed by atoms with E-state index in [-0.39, 0.29) is 5.82 Å². The van der Waals surface area contributed by atoms with E-state index in [0.717, 1.165) is 11.1 Å². The highest BCUT2D eigenvalue weighted by Crippen LogP contribution is 2.27. The average molecular weight is 290 g/mol. The van der Waals surface area contributed by atoms with E-state index in [1.807, 2.05) is 24.3 Å². The number of benzene rings is 2. The molecule has 1 unspecified atom stereocenters. The highest BCUT2D eigenvalue weighted by molar-refractivity contribution is 5.36. The smallest absolute Gasteiger partial charge is 0.125 e. The second-order valence-electron chi connectivity index (χ2n) is 4.73. The number of methoxy groups -OCH3 is 1. The summed E-state index contributed by atoms with van der Waals surface area (Å²) in [4.78, 5) is 0. The monoisotopic (exact) mass is 290 g/mol. The molecule has 3 nitrogen and oxygen atoms in total. The molecule has 0 heterocycles. The Labute approximate surface area is 124 Å². The van der Waals surface area contributed by atoms with Crippen molar-refractivity contribution >= 4 is 0 Å². The Morgan fingerprint density at radius 1 is 1.05 bits per heavy atom. The molecule has 4 heteroatoms. The van der Waals surface area contributed by atoms with Crippen LogP contribution in [0.1, 0.15) is 17.2 Å². The molecule has 0 aliphatic rings. The maximum Gasteiger partial charge on any atom is 0.125 e. The molecular formula is C17H19FO3. The van der Waals surface area contributed by atoms with E-state index >= 15 is 0 Å². The van der Waals surface area contributed by atoms with Gasteiger partial charge in [-0.05, 0) is 23.8 Å². The number of aliphatic hydroxyl groups is 1. The summed E-state index contributed by atoms with van der Waals surface area (Å²) in [5.74, 6) is 0.362. The van der Waals surface area contributed by atoms with Crippen LogP contribution in [0.4, 0.5) is 4.39 Å². The summed E-state index contributed by atoms with van der Waals surface area (Å²) < 4.78 is 23.4. The van der Waals surface area contributed by atoms with Crippen molar-refractivity contribution in [3.05, 3.63) is 65.5 Å². The van der Waals surface area contributed by atoms with Crippen LogP contribution in [0.5, 0.6) is 5.75 Å². The van der Waals surface area contributed by atoms with Crippen LogP contribution < -0.4 is 4.74 Å². The Bertz CT molecular complexity index is 554. The third-order valence-corrected chi connectivity index (χ3v) is 3.17. The van der Waals surface area contributed by atoms with Crippen LogP contribution in [0.15, 0.2) is 48.5 Å². The van der Waals surface area contributed by atoms with Gasteiger partial charge in [-0.3, -0.25) is 0 Å². The van der Waals surface area contributed by atoms with Crippen LogP contribution in [0, 0.1) is 5.82 Å². The van der Waals surface area contributed by atoms with Crippen molar-refractivity contribution in [1.29, 1.82) is 0 Å². The minimum atomic E-state index is -0.700. The van der Waals surface area contributed by atoms with Gasteiger partial charge >= 0.3 is 0 Å². The van der Waals surface area contributed by atoms with Gasteiger partial charge in [-0.25, -0.2) is 4.39 Å². The lowest BCUT2D eigenvalue weighted by Gasteiger charge is -2.16. The van der Waals surface area contributed by atoms with E-state index < -0.39 is 6.10 Å². The number of aliphatic hydroxyl groups excluding tert-OH is 1. The fourth-order valence-corrected chi connectivity index (χ4v) is 2.08. The van der Waals surface area contributed by atoms with Crippen molar-refractivity contribution in [2.75, 3.05) is 20.3 Å². The maximum atomic E-state index is 12.9. The molecule has 112 valence electrons. The van der Waals surface area contributed by atoms with Crippen molar-refractivity contribution < 1.29 is 19.0 Å². The molecule has 21 heavy (non-hydrogen) atoms. The zero-order valence-electron chi connectivity index (χ0n) is 12.0. The van der Waals surface area contributed by atoms with E-state index in [1.165, 1.54) is 12.1 Å². The fraction of sp³-hybridized carbons (Fsp3) is 0.294. The Balaban J connectivity index is 2.07. The summed E-state index contributed by atoms with van der Waals surface area (Å²) in [7, 11) is 1.61. The molecule has 0 aliphatic heterocycles. The first kappa shape index (κ1) is 15.5. The Kier molecular flexibility index (Phi) is 5.72. The molecule has 0 aromatic heterocycles. The quantitative estimate of drug-likeness (QED) is 0.796. The summed E-state index contributed by atoms with van der Waals surface area (Å²) in [6, 6.07) is 13.5. The van der Waals surface area contributed by atoms with Crippen molar-refractivity contribution in [1.82, 2.24) is 0 Å². The molecule has 0 radical (unpaired) electrons. The summed E-state index contributed by atoms with van der Waals surface area (Å²) in [6.45, 7) is 0.916. The summed E-state index contributed by atoms with van der Waals surface area (Å²) >= 11 is 0. The van der Waals surface area contributed by atoms with Gasteiger partial charge in [-0.15, -0.1) is 0 Å². The predicted molar refractivity (Wildman–Crippen MR) is 78.9 cm³/mol. The van der Waals surface area contributed by atoms with Gasteiger partial charge in [0.15, 0.2) is 0 Å². The first-order valence-corrected chi connectivity index (χ1v) is 6.84. The number of halogens is 1. The lowest BCUT2D eigenvalue weighted by molar-refractivity contribution is 0.138. The van der Waals surface area contributed by atoms with Crippen molar-refractivity contribution in [3.8, 4) is 5.75 Å². The molecule has 0 aliphatic carbocycles. The molecule has 0 saturated heterocycles. The van der Waals surface area contributed by atoms with E-state index in [2.05, 4.69) is 0 Å². The highest BCUT2D eigenvalue weighted by Gasteiger charge is 2.14. The normalized spacial score (nSPS) is 12.1. The van der Waals surface area contributed by atoms with Gasteiger partial charge in [0.25, 0.3) is 0 Å². The molecule has 1 atom stereocenters. The molecule has 1 N–H and O–H groups in total. The van der Waals surface area contributed by atoms with Crippen LogP contribution in [0.2, 0.25) is 0 Å². The van der Waals surface area contributed by atoms with Crippen LogP contribution in [0.25, 0.3) is 0 Å². The lowest BCUT2D eigenvalue weighted by Crippen LogP contribution is -2.09. The zero-order valence-corrected chi connectivity index (χ0v) is 12.0. The third-order valence-electron chi connectivity index (χ3n) is 3.17. The predicted octanol–water partition coefficient (Wildman–Crippen LogP) is 3.13. The van der Waals surface area contributed by atoms with Crippen LogP contribution in [-0.4, -0.2) is 25.4 Å². The Morgan fingerprint density at radius 2 is 1.76 bits per heavy atom. The number of hydrogen-bond acceptors (Lipinski definition) is 3. The molecule has 0 bridgehead atoms. The minimum absolute atomic E-state index is 0.281. The van der Waals surface area contributed by atoms with Gasteiger partial charge in [0, 0.05) is 19.1 Å². The van der Waals surface area contributed by atoms with Gasteiger partial charge in [-0.2, -0.15) is 0 Å². The van der Waals surface area contributed by atoms with Gasteiger partial charge in [-0.1, -0.05) is 30.3 Å². The van der Waals surface area contributed by atoms with Gasteiger partial charge in [0.1, 0.15) is 18.2 Å². The Morgan fingerprint density at radius 3 is 2.48 bits per heavy atom. The standard InChI is InChI=1S/C17H19FO3/c1-20-10-11-21-17-5-3-2-4-15(17)16(19)12-13-6-8-14(18)9-7-13/h2-9,16,19H,10-12H2,1H3. The fourth-order valence-electron chi connectivity index (χ4n) is 2.08. The highest BCUT2D eigenvalue weighted by atomic mass is 19.1. The topological polar surface area (TPSA) is 38.7 Å². The molecule has 2 aromatic carbocycles. The van der Waals surface area contributed by atoms with Crippen molar-refractivity contribution in [3.63, 3.8) is 0 Å². The number of para-hydroxylation sites is 1. The van der Waals surface area contributed by atoms with Gasteiger partial charge in [0.05, 0.1) is 12.7 Å². The van der Waals surface area contributed by atoms with Crippen molar-refractivity contribution in [2.24, 2.45) is 0 Å². The largest absolute Gasteiger partial charge is 0.491 e. The van der Waals surface area contributed by atoms with E-state index in [9.17, 15) is 9.50 Å². The number of ether oxygens (including phenoxy) is 2. The first-order valence-electron chi connectivity index (χ1n) is 6.84. The van der Waals surface area contributed by atoms with Crippen LogP contribution >= 0.6 is 0 Å². The van der Waals surface area contributed by atoms with Gasteiger partial charge < -0.3 is 14.6 Å². The summed E-state index contributed by atoms with van der Waals surface area (Å²) in [6.07, 6.45) is -0.292. The molecule has 0 amide bonds. The number of rotatable bonds is 7. The molecular weight excluding hydrogens is 271 g/mol. The Hall–Kier alpha value is -1.91. The molecule has 2 aromatic rings. The molecule has 0 fully saturated rings. The van der Waals surface area contributed by atoms with Crippen molar-refractivity contribution in [2.45, 2.75) is 12.5 Å². The van der Waals surface area contributed by atoms with E-state index in [0.29, 0.717) is 25.4 Å². The minimum Gasteiger partial charge on any atom is -0.491 e. The molecule has 0 saturated carbocycles. The molecule has 2 rings (SSSR count). The zero-order chi connectivity index (χ0) is 15.1. The number of hydrogen-bond donors (Lipinski definition) is 1. The third kappa shape index (κ3) is 4.55. The summed E-state index contributed by atoms with van der Waals surface area (Å²) in [5, 5.41) is 10.4. The second-order valence-corrected chi connectivity index (χ2v) is 4.73.